The summed E-state index contributed by atoms with van der Waals surface area (Å²) >= 11 is 0. The summed E-state index contributed by atoms with van der Waals surface area (Å²) in [6.45, 7) is 0.791. The Labute approximate surface area is 145 Å². The summed E-state index contributed by atoms with van der Waals surface area (Å²) in [6, 6.07) is 23.3. The van der Waals surface area contributed by atoms with Crippen LogP contribution in [0.2, 0.25) is 0 Å². The van der Waals surface area contributed by atoms with Crippen molar-refractivity contribution in [2.24, 2.45) is 0 Å². The largest absolute Gasteiger partial charge is 0.491 e. The Morgan fingerprint density at radius 3 is 2.56 bits per heavy atom. The molecular formula is C21H17NO3. The molecule has 0 saturated heterocycles. The van der Waals surface area contributed by atoms with Gasteiger partial charge in [0.2, 0.25) is 0 Å². The molecule has 0 aliphatic rings. The molecule has 0 bridgehead atoms. The maximum Gasteiger partial charge on any atom is 0.287 e. The summed E-state index contributed by atoms with van der Waals surface area (Å²) in [4.78, 5) is 12.2. The number of hydrogen-bond donors (Lipinski definition) is 1. The second kappa shape index (κ2) is 6.69. The van der Waals surface area contributed by atoms with Crippen LogP contribution in [0.4, 0.5) is 0 Å². The first-order valence-electron chi connectivity index (χ1n) is 8.18. The number of ether oxygens (including phenoxy) is 1. The molecule has 0 spiro atoms. The van der Waals surface area contributed by atoms with Crippen LogP contribution in [0, 0.1) is 0 Å². The van der Waals surface area contributed by atoms with Crippen molar-refractivity contribution in [2.75, 3.05) is 13.2 Å². The third-order valence-corrected chi connectivity index (χ3v) is 4.04. The molecule has 3 aromatic carbocycles. The van der Waals surface area contributed by atoms with E-state index >= 15 is 0 Å². The Morgan fingerprint density at radius 1 is 0.920 bits per heavy atom. The molecule has 0 saturated carbocycles. The fourth-order valence-corrected chi connectivity index (χ4v) is 2.83. The van der Waals surface area contributed by atoms with Gasteiger partial charge in [-0.3, -0.25) is 4.79 Å². The van der Waals surface area contributed by atoms with Crippen molar-refractivity contribution >= 4 is 27.6 Å². The number of amides is 1. The van der Waals surface area contributed by atoms with E-state index in [2.05, 4.69) is 5.32 Å². The van der Waals surface area contributed by atoms with E-state index in [9.17, 15) is 4.79 Å². The number of rotatable bonds is 5. The zero-order chi connectivity index (χ0) is 17.1. The highest BCUT2D eigenvalue weighted by atomic mass is 16.5. The van der Waals surface area contributed by atoms with Gasteiger partial charge in [-0.05, 0) is 23.6 Å². The molecule has 25 heavy (non-hydrogen) atoms. The molecule has 0 aliphatic carbocycles. The van der Waals surface area contributed by atoms with Gasteiger partial charge >= 0.3 is 0 Å². The molecular weight excluding hydrogens is 314 g/mol. The molecule has 1 N–H and O–H groups in total. The van der Waals surface area contributed by atoms with Crippen molar-refractivity contribution in [3.63, 3.8) is 0 Å². The Balaban J connectivity index is 1.36. The highest BCUT2D eigenvalue weighted by Crippen LogP contribution is 2.25. The monoisotopic (exact) mass is 331 g/mol. The van der Waals surface area contributed by atoms with Crippen LogP contribution in [-0.4, -0.2) is 19.1 Å². The molecule has 0 aliphatic heterocycles. The van der Waals surface area contributed by atoms with Gasteiger partial charge in [-0.2, -0.15) is 0 Å². The van der Waals surface area contributed by atoms with Gasteiger partial charge in [0.15, 0.2) is 5.76 Å². The number of fused-ring (bicyclic) bond motifs is 2. The van der Waals surface area contributed by atoms with Gasteiger partial charge in [-0.25, -0.2) is 0 Å². The third kappa shape index (κ3) is 3.19. The zero-order valence-electron chi connectivity index (χ0n) is 13.6. The van der Waals surface area contributed by atoms with Gasteiger partial charge in [0.25, 0.3) is 5.91 Å². The lowest BCUT2D eigenvalue weighted by Crippen LogP contribution is -2.27. The molecule has 4 aromatic rings. The second-order valence-corrected chi connectivity index (χ2v) is 5.73. The van der Waals surface area contributed by atoms with Crippen LogP contribution >= 0.6 is 0 Å². The molecule has 0 atom stereocenters. The fraction of sp³-hybridized carbons (Fsp3) is 0.0952. The molecule has 124 valence electrons. The normalized spacial score (nSPS) is 10.9. The second-order valence-electron chi connectivity index (χ2n) is 5.73. The number of carbonyl (C=O) groups is 1. The molecule has 1 amide bonds. The standard InChI is InChI=1S/C21H17NO3/c23-21(20-14-16-7-2-4-10-18(16)25-20)22-12-13-24-19-11-5-8-15-6-1-3-9-17(15)19/h1-11,14H,12-13H2,(H,22,23). The summed E-state index contributed by atoms with van der Waals surface area (Å²) in [5, 5.41) is 5.93. The highest BCUT2D eigenvalue weighted by molar-refractivity contribution is 5.96. The Bertz CT molecular complexity index is 997. The molecule has 1 aromatic heterocycles. The van der Waals surface area contributed by atoms with Gasteiger partial charge < -0.3 is 14.5 Å². The van der Waals surface area contributed by atoms with Gasteiger partial charge in [0, 0.05) is 10.8 Å². The van der Waals surface area contributed by atoms with Gasteiger partial charge in [-0.1, -0.05) is 54.6 Å². The number of nitrogens with one attached hydrogen (secondary N) is 1. The van der Waals surface area contributed by atoms with Crippen molar-refractivity contribution in [1.29, 1.82) is 0 Å². The van der Waals surface area contributed by atoms with E-state index in [1.807, 2.05) is 66.7 Å². The summed E-state index contributed by atoms with van der Waals surface area (Å²) < 4.78 is 11.4. The Hall–Kier alpha value is -3.27. The number of carbonyl (C=O) groups excluding carboxylic acids is 1. The fourth-order valence-electron chi connectivity index (χ4n) is 2.83. The first-order valence-corrected chi connectivity index (χ1v) is 8.18. The van der Waals surface area contributed by atoms with Crippen molar-refractivity contribution in [3.05, 3.63) is 78.6 Å². The maximum absolute atomic E-state index is 12.2. The summed E-state index contributed by atoms with van der Waals surface area (Å²) in [5.74, 6) is 0.889. The number of furan rings is 1. The first-order chi connectivity index (χ1) is 12.3. The van der Waals surface area contributed by atoms with E-state index in [1.54, 1.807) is 6.07 Å². The van der Waals surface area contributed by atoms with Gasteiger partial charge in [-0.15, -0.1) is 0 Å². The molecule has 0 radical (unpaired) electrons. The lowest BCUT2D eigenvalue weighted by atomic mass is 10.1. The van der Waals surface area contributed by atoms with Crippen molar-refractivity contribution in [3.8, 4) is 5.75 Å². The molecule has 4 rings (SSSR count). The van der Waals surface area contributed by atoms with E-state index in [0.717, 1.165) is 21.9 Å². The van der Waals surface area contributed by atoms with Crippen molar-refractivity contribution in [2.45, 2.75) is 0 Å². The van der Waals surface area contributed by atoms with Crippen LogP contribution in [-0.2, 0) is 0 Å². The van der Waals surface area contributed by atoms with E-state index in [0.29, 0.717) is 24.5 Å². The van der Waals surface area contributed by atoms with E-state index < -0.39 is 0 Å². The molecule has 0 unspecified atom stereocenters. The summed E-state index contributed by atoms with van der Waals surface area (Å²) in [6.07, 6.45) is 0. The molecule has 1 heterocycles. The number of hydrogen-bond acceptors (Lipinski definition) is 3. The molecule has 4 nitrogen and oxygen atoms in total. The quantitative estimate of drug-likeness (QED) is 0.552. The van der Waals surface area contributed by atoms with E-state index in [-0.39, 0.29) is 5.91 Å². The highest BCUT2D eigenvalue weighted by Gasteiger charge is 2.11. The Morgan fingerprint density at radius 2 is 1.68 bits per heavy atom. The molecule has 0 fully saturated rings. The zero-order valence-corrected chi connectivity index (χ0v) is 13.6. The lowest BCUT2D eigenvalue weighted by Gasteiger charge is -2.09. The van der Waals surface area contributed by atoms with Crippen LogP contribution in [0.3, 0.4) is 0 Å². The SMILES string of the molecule is O=C(NCCOc1cccc2ccccc12)c1cc2ccccc2o1. The minimum atomic E-state index is -0.238. The average Bonchev–Trinajstić information content (AvgIpc) is 3.09. The van der Waals surface area contributed by atoms with E-state index in [4.69, 9.17) is 9.15 Å². The minimum Gasteiger partial charge on any atom is -0.491 e. The van der Waals surface area contributed by atoms with Crippen molar-refractivity contribution < 1.29 is 13.9 Å². The van der Waals surface area contributed by atoms with Gasteiger partial charge in [0.1, 0.15) is 17.9 Å². The maximum atomic E-state index is 12.2. The van der Waals surface area contributed by atoms with Crippen LogP contribution in [0.5, 0.6) is 5.75 Å². The van der Waals surface area contributed by atoms with Gasteiger partial charge in [0.05, 0.1) is 6.54 Å². The van der Waals surface area contributed by atoms with Crippen molar-refractivity contribution in [1.82, 2.24) is 5.32 Å². The lowest BCUT2D eigenvalue weighted by molar-refractivity contribution is 0.0921. The third-order valence-electron chi connectivity index (χ3n) is 4.04. The minimum absolute atomic E-state index is 0.238. The predicted molar refractivity (Wildman–Crippen MR) is 98.0 cm³/mol. The number of benzene rings is 3. The van der Waals surface area contributed by atoms with Crippen LogP contribution in [0.15, 0.2) is 77.2 Å². The van der Waals surface area contributed by atoms with Crippen LogP contribution < -0.4 is 10.1 Å². The number of para-hydroxylation sites is 1. The topological polar surface area (TPSA) is 51.5 Å². The smallest absolute Gasteiger partial charge is 0.287 e. The van der Waals surface area contributed by atoms with E-state index in [1.165, 1.54) is 0 Å². The summed E-state index contributed by atoms with van der Waals surface area (Å²) in [5.41, 5.74) is 0.708. The Kier molecular flexibility index (Phi) is 4.09. The average molecular weight is 331 g/mol. The van der Waals surface area contributed by atoms with Crippen LogP contribution in [0.25, 0.3) is 21.7 Å². The predicted octanol–water partition coefficient (Wildman–Crippen LogP) is 4.39. The summed E-state index contributed by atoms with van der Waals surface area (Å²) in [7, 11) is 0. The first kappa shape index (κ1) is 15.3. The van der Waals surface area contributed by atoms with Crippen LogP contribution in [0.1, 0.15) is 10.6 Å². The molecule has 4 heteroatoms.